The number of nitrogens with zero attached hydrogens (tertiary/aromatic N) is 1. The summed E-state index contributed by atoms with van der Waals surface area (Å²) in [5, 5.41) is 22.5. The molecule has 0 unspecified atom stereocenters. The Hall–Kier alpha value is -3.39. The molecule has 0 saturated carbocycles. The monoisotopic (exact) mass is 306 g/mol. The number of anilines is 1. The van der Waals surface area contributed by atoms with E-state index in [4.69, 9.17) is 5.26 Å². The van der Waals surface area contributed by atoms with Gasteiger partial charge in [-0.2, -0.15) is 5.26 Å². The first kappa shape index (κ1) is 14.5. The van der Waals surface area contributed by atoms with Crippen molar-refractivity contribution in [1.29, 1.82) is 5.26 Å². The number of benzene rings is 3. The van der Waals surface area contributed by atoms with Gasteiger partial charge in [-0.25, -0.2) is 4.39 Å². The second-order valence-electron chi connectivity index (χ2n) is 4.94. The molecule has 3 rings (SSSR count). The van der Waals surface area contributed by atoms with Crippen LogP contribution in [-0.2, 0) is 0 Å². The fourth-order valence-corrected chi connectivity index (χ4v) is 2.37. The van der Waals surface area contributed by atoms with E-state index in [-0.39, 0.29) is 22.6 Å². The van der Waals surface area contributed by atoms with E-state index in [1.54, 1.807) is 18.2 Å². The van der Waals surface area contributed by atoms with Crippen molar-refractivity contribution in [1.82, 2.24) is 0 Å². The predicted molar refractivity (Wildman–Crippen MR) is 84.7 cm³/mol. The molecular weight excluding hydrogens is 295 g/mol. The molecule has 4 nitrogen and oxygen atoms in total. The largest absolute Gasteiger partial charge is 0.507 e. The normalized spacial score (nSPS) is 10.3. The van der Waals surface area contributed by atoms with E-state index in [1.807, 2.05) is 18.2 Å². The van der Waals surface area contributed by atoms with Crippen LogP contribution < -0.4 is 5.32 Å². The standard InChI is InChI=1S/C18H11FN2O2/c19-14-9-11(10-20)5-7-15(14)21-18(23)17-13-4-2-1-3-12(13)6-8-16(17)22/h1-9,22H,(H,21,23). The van der Waals surface area contributed by atoms with Crippen molar-refractivity contribution < 1.29 is 14.3 Å². The summed E-state index contributed by atoms with van der Waals surface area (Å²) in [7, 11) is 0. The Bertz CT molecular complexity index is 961. The Morgan fingerprint density at radius 3 is 2.65 bits per heavy atom. The van der Waals surface area contributed by atoms with Gasteiger partial charge in [-0.15, -0.1) is 0 Å². The van der Waals surface area contributed by atoms with Crippen LogP contribution in [-0.4, -0.2) is 11.0 Å². The second-order valence-corrected chi connectivity index (χ2v) is 4.94. The molecule has 0 atom stereocenters. The molecule has 0 aliphatic rings. The van der Waals surface area contributed by atoms with Crippen LogP contribution in [0.2, 0.25) is 0 Å². The number of nitriles is 1. The maximum Gasteiger partial charge on any atom is 0.260 e. The highest BCUT2D eigenvalue weighted by Gasteiger charge is 2.16. The third-order valence-corrected chi connectivity index (χ3v) is 3.48. The summed E-state index contributed by atoms with van der Waals surface area (Å²) in [5.74, 6) is -1.52. The molecule has 0 heterocycles. The van der Waals surface area contributed by atoms with Crippen molar-refractivity contribution in [3.05, 3.63) is 71.5 Å². The van der Waals surface area contributed by atoms with Crippen LogP contribution in [0.25, 0.3) is 10.8 Å². The summed E-state index contributed by atoms with van der Waals surface area (Å²) < 4.78 is 13.9. The average Bonchev–Trinajstić information content (AvgIpc) is 2.56. The summed E-state index contributed by atoms with van der Waals surface area (Å²) in [6.45, 7) is 0. The SMILES string of the molecule is N#Cc1ccc(NC(=O)c2c(O)ccc3ccccc23)c(F)c1. The minimum absolute atomic E-state index is 0.0543. The van der Waals surface area contributed by atoms with Gasteiger partial charge in [-0.3, -0.25) is 4.79 Å². The van der Waals surface area contributed by atoms with Gasteiger partial charge in [0.05, 0.1) is 22.9 Å². The van der Waals surface area contributed by atoms with E-state index in [9.17, 15) is 14.3 Å². The molecule has 0 spiro atoms. The lowest BCUT2D eigenvalue weighted by Gasteiger charge is -2.10. The summed E-state index contributed by atoms with van der Waals surface area (Å²) in [5.41, 5.74) is 0.182. The van der Waals surface area contributed by atoms with E-state index < -0.39 is 11.7 Å². The van der Waals surface area contributed by atoms with Gasteiger partial charge in [-0.05, 0) is 35.0 Å². The molecule has 0 aromatic heterocycles. The van der Waals surface area contributed by atoms with E-state index in [2.05, 4.69) is 5.32 Å². The molecule has 0 fully saturated rings. The van der Waals surface area contributed by atoms with Crippen LogP contribution in [0.1, 0.15) is 15.9 Å². The minimum atomic E-state index is -0.711. The third kappa shape index (κ3) is 2.70. The number of aromatic hydroxyl groups is 1. The quantitative estimate of drug-likeness (QED) is 0.756. The van der Waals surface area contributed by atoms with Gasteiger partial charge in [0.1, 0.15) is 11.6 Å². The van der Waals surface area contributed by atoms with Crippen LogP contribution >= 0.6 is 0 Å². The van der Waals surface area contributed by atoms with Crippen molar-refractivity contribution in [2.45, 2.75) is 0 Å². The molecule has 0 bridgehead atoms. The molecule has 0 aliphatic carbocycles. The van der Waals surface area contributed by atoms with Crippen molar-refractivity contribution in [3.8, 4) is 11.8 Å². The van der Waals surface area contributed by atoms with E-state index in [1.165, 1.54) is 18.2 Å². The summed E-state index contributed by atoms with van der Waals surface area (Å²) >= 11 is 0. The molecule has 0 aliphatic heterocycles. The van der Waals surface area contributed by atoms with Crippen molar-refractivity contribution in [3.63, 3.8) is 0 Å². The van der Waals surface area contributed by atoms with Crippen LogP contribution in [0.4, 0.5) is 10.1 Å². The van der Waals surface area contributed by atoms with Crippen LogP contribution in [0.5, 0.6) is 5.75 Å². The summed E-state index contributed by atoms with van der Waals surface area (Å²) in [4.78, 5) is 12.5. The Kier molecular flexibility index (Phi) is 3.65. The van der Waals surface area contributed by atoms with Crippen LogP contribution in [0, 0.1) is 17.1 Å². The maximum atomic E-state index is 13.9. The Morgan fingerprint density at radius 2 is 1.91 bits per heavy atom. The van der Waals surface area contributed by atoms with Gasteiger partial charge < -0.3 is 10.4 Å². The average molecular weight is 306 g/mol. The summed E-state index contributed by atoms with van der Waals surface area (Å²) in [6, 6.07) is 15.8. The van der Waals surface area contributed by atoms with Crippen LogP contribution in [0.3, 0.4) is 0 Å². The van der Waals surface area contributed by atoms with Gasteiger partial charge in [0.2, 0.25) is 0 Å². The number of phenols is 1. The molecule has 0 radical (unpaired) electrons. The smallest absolute Gasteiger partial charge is 0.260 e. The van der Waals surface area contributed by atoms with Gasteiger partial charge in [-0.1, -0.05) is 30.3 Å². The van der Waals surface area contributed by atoms with E-state index in [0.717, 1.165) is 11.5 Å². The highest BCUT2D eigenvalue weighted by Crippen LogP contribution is 2.28. The molecule has 3 aromatic carbocycles. The molecule has 0 saturated heterocycles. The number of halogens is 1. The number of amides is 1. The molecule has 5 heteroatoms. The van der Waals surface area contributed by atoms with Gasteiger partial charge in [0.15, 0.2) is 0 Å². The molecule has 3 aromatic rings. The van der Waals surface area contributed by atoms with Crippen molar-refractivity contribution >= 4 is 22.4 Å². The zero-order chi connectivity index (χ0) is 16.4. The zero-order valence-corrected chi connectivity index (χ0v) is 11.9. The fourth-order valence-electron chi connectivity index (χ4n) is 2.37. The topological polar surface area (TPSA) is 73.1 Å². The number of phenolic OH excluding ortho intramolecular Hbond substituents is 1. The summed E-state index contributed by atoms with van der Waals surface area (Å²) in [6.07, 6.45) is 0. The fraction of sp³-hybridized carbons (Fsp3) is 0. The minimum Gasteiger partial charge on any atom is -0.507 e. The number of carbonyl (C=O) groups excluding carboxylic acids is 1. The van der Waals surface area contributed by atoms with Gasteiger partial charge >= 0.3 is 0 Å². The predicted octanol–water partition coefficient (Wildman–Crippen LogP) is 3.81. The highest BCUT2D eigenvalue weighted by molar-refractivity contribution is 6.14. The molecule has 112 valence electrons. The first-order chi connectivity index (χ1) is 11.1. The molecule has 1 amide bonds. The number of fused-ring (bicyclic) bond motifs is 1. The van der Waals surface area contributed by atoms with Gasteiger partial charge in [0, 0.05) is 0 Å². The van der Waals surface area contributed by atoms with Gasteiger partial charge in [0.25, 0.3) is 5.91 Å². The molecular formula is C18H11FN2O2. The Balaban J connectivity index is 2.02. The first-order valence-corrected chi connectivity index (χ1v) is 6.82. The molecule has 2 N–H and O–H groups in total. The van der Waals surface area contributed by atoms with Crippen LogP contribution in [0.15, 0.2) is 54.6 Å². The van der Waals surface area contributed by atoms with E-state index in [0.29, 0.717) is 5.39 Å². The third-order valence-electron chi connectivity index (χ3n) is 3.48. The lowest BCUT2D eigenvalue weighted by Crippen LogP contribution is -2.13. The zero-order valence-electron chi connectivity index (χ0n) is 11.9. The molecule has 23 heavy (non-hydrogen) atoms. The highest BCUT2D eigenvalue weighted by atomic mass is 19.1. The van der Waals surface area contributed by atoms with Crippen molar-refractivity contribution in [2.24, 2.45) is 0 Å². The number of nitrogens with one attached hydrogen (secondary N) is 1. The Labute approximate surface area is 131 Å². The number of hydrogen-bond donors (Lipinski definition) is 2. The Morgan fingerprint density at radius 1 is 1.13 bits per heavy atom. The second kappa shape index (κ2) is 5.78. The maximum absolute atomic E-state index is 13.9. The lowest BCUT2D eigenvalue weighted by atomic mass is 10.0. The first-order valence-electron chi connectivity index (χ1n) is 6.82. The number of carbonyl (C=O) groups is 1. The van der Waals surface area contributed by atoms with E-state index >= 15 is 0 Å². The number of hydrogen-bond acceptors (Lipinski definition) is 3. The lowest BCUT2D eigenvalue weighted by molar-refractivity contribution is 0.102. The van der Waals surface area contributed by atoms with Crippen molar-refractivity contribution in [2.75, 3.05) is 5.32 Å². The number of rotatable bonds is 2.